The Balaban J connectivity index is 2.32. The summed E-state index contributed by atoms with van der Waals surface area (Å²) in [7, 11) is 4.08. The summed E-state index contributed by atoms with van der Waals surface area (Å²) >= 11 is 6.16. The number of likely N-dealkylation sites (N-methyl/N-ethyl adjacent to an activating group) is 1. The van der Waals surface area contributed by atoms with Crippen LogP contribution in [0.2, 0.25) is 5.02 Å². The second-order valence-corrected chi connectivity index (χ2v) is 5.20. The average Bonchev–Trinajstić information content (AvgIpc) is 2.77. The Morgan fingerprint density at radius 2 is 2.22 bits per heavy atom. The molecule has 1 atom stereocenters. The Bertz CT molecular complexity index is 462. The van der Waals surface area contributed by atoms with Gasteiger partial charge in [-0.3, -0.25) is 0 Å². The molecule has 18 heavy (non-hydrogen) atoms. The molecule has 1 unspecified atom stereocenters. The SMILES string of the molecule is CN(C)C1CCN(c2c(Cl)cccc2C(=O)O)C1. The van der Waals surface area contributed by atoms with Gasteiger partial charge in [-0.1, -0.05) is 17.7 Å². The van der Waals surface area contributed by atoms with E-state index in [-0.39, 0.29) is 5.56 Å². The minimum Gasteiger partial charge on any atom is -0.478 e. The molecular weight excluding hydrogens is 252 g/mol. The predicted octanol–water partition coefficient (Wildman–Crippen LogP) is 2.18. The molecule has 0 aliphatic carbocycles. The van der Waals surface area contributed by atoms with Crippen molar-refractivity contribution in [3.05, 3.63) is 28.8 Å². The third-order valence-corrected chi connectivity index (χ3v) is 3.73. The molecule has 98 valence electrons. The maximum absolute atomic E-state index is 11.3. The van der Waals surface area contributed by atoms with E-state index in [9.17, 15) is 9.90 Å². The third-order valence-electron chi connectivity index (χ3n) is 3.43. The molecule has 2 rings (SSSR count). The number of para-hydroxylation sites is 1. The molecule has 0 aromatic heterocycles. The van der Waals surface area contributed by atoms with Crippen LogP contribution in [0.5, 0.6) is 0 Å². The van der Waals surface area contributed by atoms with Crippen LogP contribution in [-0.2, 0) is 0 Å². The lowest BCUT2D eigenvalue weighted by Gasteiger charge is -2.24. The van der Waals surface area contributed by atoms with Crippen LogP contribution in [0.4, 0.5) is 5.69 Å². The summed E-state index contributed by atoms with van der Waals surface area (Å²) in [5.74, 6) is -0.930. The van der Waals surface area contributed by atoms with Gasteiger partial charge in [-0.25, -0.2) is 4.79 Å². The first-order valence-electron chi connectivity index (χ1n) is 5.94. The predicted molar refractivity (Wildman–Crippen MR) is 72.7 cm³/mol. The van der Waals surface area contributed by atoms with E-state index in [2.05, 4.69) is 9.80 Å². The molecular formula is C13H17ClN2O2. The van der Waals surface area contributed by atoms with Crippen LogP contribution in [0.1, 0.15) is 16.8 Å². The molecule has 1 aliphatic heterocycles. The number of nitrogens with zero attached hydrogens (tertiary/aromatic N) is 2. The second kappa shape index (κ2) is 5.16. The van der Waals surface area contributed by atoms with Gasteiger partial charge in [-0.05, 0) is 32.6 Å². The van der Waals surface area contributed by atoms with Gasteiger partial charge in [0.15, 0.2) is 0 Å². The minimum absolute atomic E-state index is 0.280. The summed E-state index contributed by atoms with van der Waals surface area (Å²) in [6, 6.07) is 5.47. The molecule has 4 nitrogen and oxygen atoms in total. The van der Waals surface area contributed by atoms with Crippen molar-refractivity contribution in [3.8, 4) is 0 Å². The summed E-state index contributed by atoms with van der Waals surface area (Å²) < 4.78 is 0. The standard InChI is InChI=1S/C13H17ClN2O2/c1-15(2)9-6-7-16(8-9)12-10(13(17)18)4-3-5-11(12)14/h3-5,9H,6-8H2,1-2H3,(H,17,18). The third kappa shape index (κ3) is 2.44. The van der Waals surface area contributed by atoms with E-state index in [4.69, 9.17) is 11.6 Å². The van der Waals surface area contributed by atoms with E-state index < -0.39 is 5.97 Å². The first-order valence-corrected chi connectivity index (χ1v) is 6.31. The number of carboxylic acids is 1. The van der Waals surface area contributed by atoms with Crippen LogP contribution >= 0.6 is 11.6 Å². The number of hydrogen-bond acceptors (Lipinski definition) is 3. The van der Waals surface area contributed by atoms with Crippen molar-refractivity contribution in [1.29, 1.82) is 0 Å². The van der Waals surface area contributed by atoms with Gasteiger partial charge in [0.1, 0.15) is 0 Å². The van der Waals surface area contributed by atoms with Crippen molar-refractivity contribution in [1.82, 2.24) is 4.90 Å². The molecule has 0 saturated carbocycles. The molecule has 0 spiro atoms. The van der Waals surface area contributed by atoms with Gasteiger partial charge in [-0.15, -0.1) is 0 Å². The Kier molecular flexibility index (Phi) is 3.78. The highest BCUT2D eigenvalue weighted by Gasteiger charge is 2.28. The summed E-state index contributed by atoms with van der Waals surface area (Å²) in [5.41, 5.74) is 0.929. The zero-order valence-electron chi connectivity index (χ0n) is 10.6. The van der Waals surface area contributed by atoms with E-state index in [0.717, 1.165) is 19.5 Å². The van der Waals surface area contributed by atoms with Gasteiger partial charge < -0.3 is 14.9 Å². The van der Waals surface area contributed by atoms with Crippen molar-refractivity contribution >= 4 is 23.3 Å². The number of anilines is 1. The fourth-order valence-corrected chi connectivity index (χ4v) is 2.67. The van der Waals surface area contributed by atoms with Gasteiger partial charge >= 0.3 is 5.97 Å². The summed E-state index contributed by atoms with van der Waals surface area (Å²) in [5, 5.41) is 9.74. The number of halogens is 1. The largest absolute Gasteiger partial charge is 0.478 e. The highest BCUT2D eigenvalue weighted by Crippen LogP contribution is 2.33. The second-order valence-electron chi connectivity index (χ2n) is 4.79. The van der Waals surface area contributed by atoms with Crippen molar-refractivity contribution in [2.45, 2.75) is 12.5 Å². The van der Waals surface area contributed by atoms with E-state index in [1.807, 2.05) is 14.1 Å². The van der Waals surface area contributed by atoms with E-state index in [1.54, 1.807) is 18.2 Å². The van der Waals surface area contributed by atoms with Crippen LogP contribution in [0, 0.1) is 0 Å². The lowest BCUT2D eigenvalue weighted by atomic mass is 10.1. The summed E-state index contributed by atoms with van der Waals surface area (Å²) in [6.07, 6.45) is 1.03. The van der Waals surface area contributed by atoms with Crippen LogP contribution in [0.15, 0.2) is 18.2 Å². The van der Waals surface area contributed by atoms with Gasteiger partial charge in [0, 0.05) is 19.1 Å². The van der Waals surface area contributed by atoms with Crippen molar-refractivity contribution in [2.24, 2.45) is 0 Å². The molecule has 0 amide bonds. The van der Waals surface area contributed by atoms with E-state index >= 15 is 0 Å². The average molecular weight is 269 g/mol. The number of aromatic carboxylic acids is 1. The Hall–Kier alpha value is -1.26. The number of rotatable bonds is 3. The van der Waals surface area contributed by atoms with E-state index in [1.165, 1.54) is 0 Å². The van der Waals surface area contributed by atoms with Crippen molar-refractivity contribution in [2.75, 3.05) is 32.1 Å². The number of benzene rings is 1. The van der Waals surface area contributed by atoms with Crippen LogP contribution in [0.3, 0.4) is 0 Å². The van der Waals surface area contributed by atoms with Gasteiger partial charge in [-0.2, -0.15) is 0 Å². The molecule has 1 heterocycles. The molecule has 1 aliphatic rings. The highest BCUT2D eigenvalue weighted by atomic mass is 35.5. The highest BCUT2D eigenvalue weighted by molar-refractivity contribution is 6.34. The molecule has 1 aromatic carbocycles. The van der Waals surface area contributed by atoms with Crippen LogP contribution in [-0.4, -0.2) is 49.2 Å². The Labute approximate surface area is 112 Å². The fraction of sp³-hybridized carbons (Fsp3) is 0.462. The smallest absolute Gasteiger partial charge is 0.337 e. The molecule has 0 radical (unpaired) electrons. The fourth-order valence-electron chi connectivity index (χ4n) is 2.38. The molecule has 1 saturated heterocycles. The Morgan fingerprint density at radius 3 is 2.78 bits per heavy atom. The maximum Gasteiger partial charge on any atom is 0.337 e. The van der Waals surface area contributed by atoms with Crippen LogP contribution in [0.25, 0.3) is 0 Å². The van der Waals surface area contributed by atoms with Crippen LogP contribution < -0.4 is 4.90 Å². The van der Waals surface area contributed by atoms with E-state index in [0.29, 0.717) is 16.8 Å². The topological polar surface area (TPSA) is 43.8 Å². The minimum atomic E-state index is -0.930. The van der Waals surface area contributed by atoms with Crippen molar-refractivity contribution < 1.29 is 9.90 Å². The first-order chi connectivity index (χ1) is 8.50. The lowest BCUT2D eigenvalue weighted by molar-refractivity contribution is 0.0697. The van der Waals surface area contributed by atoms with Gasteiger partial charge in [0.05, 0.1) is 16.3 Å². The number of hydrogen-bond donors (Lipinski definition) is 1. The quantitative estimate of drug-likeness (QED) is 0.913. The molecule has 1 aromatic rings. The van der Waals surface area contributed by atoms with Gasteiger partial charge in [0.2, 0.25) is 0 Å². The number of carbonyl (C=O) groups is 1. The molecule has 5 heteroatoms. The summed E-state index contributed by atoms with van der Waals surface area (Å²) in [4.78, 5) is 15.5. The maximum atomic E-state index is 11.3. The van der Waals surface area contributed by atoms with Crippen molar-refractivity contribution in [3.63, 3.8) is 0 Å². The molecule has 1 fully saturated rings. The van der Waals surface area contributed by atoms with Gasteiger partial charge in [0.25, 0.3) is 0 Å². The molecule has 0 bridgehead atoms. The Morgan fingerprint density at radius 1 is 1.50 bits per heavy atom. The zero-order valence-corrected chi connectivity index (χ0v) is 11.3. The lowest BCUT2D eigenvalue weighted by Crippen LogP contribution is -2.32. The number of carboxylic acid groups (broad SMARTS) is 1. The monoisotopic (exact) mass is 268 g/mol. The molecule has 1 N–H and O–H groups in total. The normalized spacial score (nSPS) is 19.6. The first kappa shape index (κ1) is 13.2. The summed E-state index contributed by atoms with van der Waals surface area (Å²) in [6.45, 7) is 1.66. The zero-order chi connectivity index (χ0) is 13.3.